The Labute approximate surface area is 194 Å². The van der Waals surface area contributed by atoms with Crippen LogP contribution >= 0.6 is 0 Å². The fraction of sp³-hybridized carbons (Fsp3) is 0.167. The number of benzene rings is 2. The Bertz CT molecular complexity index is 1440. The van der Waals surface area contributed by atoms with E-state index >= 15 is 0 Å². The van der Waals surface area contributed by atoms with E-state index in [-0.39, 0.29) is 11.4 Å². The molecule has 4 aromatic rings. The van der Waals surface area contributed by atoms with Gasteiger partial charge in [-0.05, 0) is 36.8 Å². The summed E-state index contributed by atoms with van der Waals surface area (Å²) >= 11 is 0. The van der Waals surface area contributed by atoms with Crippen molar-refractivity contribution >= 4 is 11.4 Å². The largest absolute Gasteiger partial charge is 0.494 e. The Morgan fingerprint density at radius 1 is 1.26 bits per heavy atom. The van der Waals surface area contributed by atoms with Crippen LogP contribution in [0.2, 0.25) is 0 Å². The number of nitrogens with one attached hydrogen (secondary N) is 1. The summed E-state index contributed by atoms with van der Waals surface area (Å²) in [6.07, 6.45) is 3.52. The maximum Gasteiger partial charge on any atom is 0.291 e. The number of ether oxygens (including phenoxy) is 1. The number of anilines is 2. The molecule has 0 aliphatic carbocycles. The Kier molecular flexibility index (Phi) is 6.38. The number of nitriles is 1. The molecule has 0 unspecified atom stereocenters. The summed E-state index contributed by atoms with van der Waals surface area (Å²) in [7, 11) is 1.53. The number of hydrogen-bond acceptors (Lipinski definition) is 7. The summed E-state index contributed by atoms with van der Waals surface area (Å²) in [5.41, 5.74) is 1.91. The first-order valence-electron chi connectivity index (χ1n) is 10.3. The highest BCUT2D eigenvalue weighted by molar-refractivity contribution is 5.65. The van der Waals surface area contributed by atoms with Crippen molar-refractivity contribution in [2.45, 2.75) is 13.0 Å². The maximum atomic E-state index is 13.7. The van der Waals surface area contributed by atoms with Gasteiger partial charge in [0.25, 0.3) is 5.56 Å². The molecule has 9 nitrogen and oxygen atoms in total. The maximum absolute atomic E-state index is 13.7. The highest BCUT2D eigenvalue weighted by atomic mass is 19.1. The minimum Gasteiger partial charge on any atom is -0.494 e. The molecule has 34 heavy (non-hydrogen) atoms. The molecule has 0 radical (unpaired) electrons. The molecular weight excluding hydrogens is 439 g/mol. The molecule has 1 atom stereocenters. The number of aliphatic hydroxyl groups is 1. The molecule has 0 aliphatic heterocycles. The van der Waals surface area contributed by atoms with Crippen molar-refractivity contribution in [2.24, 2.45) is 0 Å². The van der Waals surface area contributed by atoms with E-state index in [4.69, 9.17) is 4.74 Å². The predicted molar refractivity (Wildman–Crippen MR) is 123 cm³/mol. The number of nitrogens with zero attached hydrogens (tertiary/aromatic N) is 5. The van der Waals surface area contributed by atoms with Crippen LogP contribution in [0, 0.1) is 24.1 Å². The number of imidazole rings is 1. The molecule has 0 amide bonds. The smallest absolute Gasteiger partial charge is 0.291 e. The topological polar surface area (TPSA) is 118 Å². The fourth-order valence-electron chi connectivity index (χ4n) is 3.58. The van der Waals surface area contributed by atoms with Crippen molar-refractivity contribution in [1.29, 1.82) is 5.26 Å². The highest BCUT2D eigenvalue weighted by Crippen LogP contribution is 2.28. The zero-order valence-corrected chi connectivity index (χ0v) is 18.4. The van der Waals surface area contributed by atoms with E-state index in [1.54, 1.807) is 30.6 Å². The van der Waals surface area contributed by atoms with Crippen LogP contribution in [0.1, 0.15) is 23.0 Å². The summed E-state index contributed by atoms with van der Waals surface area (Å²) < 4.78 is 22.1. The predicted octanol–water partition coefficient (Wildman–Crippen LogP) is 3.08. The molecular formula is C24H21FN6O3. The summed E-state index contributed by atoms with van der Waals surface area (Å²) in [6, 6.07) is 13.0. The number of rotatable bonds is 7. The molecule has 0 bridgehead atoms. The lowest BCUT2D eigenvalue weighted by Crippen LogP contribution is -2.32. The molecule has 10 heteroatoms. The van der Waals surface area contributed by atoms with Crippen molar-refractivity contribution in [2.75, 3.05) is 19.0 Å². The number of aromatic nitrogens is 4. The van der Waals surface area contributed by atoms with Gasteiger partial charge in [-0.15, -0.1) is 0 Å². The van der Waals surface area contributed by atoms with Crippen LogP contribution in [0.25, 0.3) is 5.69 Å². The zero-order valence-electron chi connectivity index (χ0n) is 18.4. The van der Waals surface area contributed by atoms with Crippen molar-refractivity contribution in [3.63, 3.8) is 0 Å². The van der Waals surface area contributed by atoms with Gasteiger partial charge in [0.05, 0.1) is 31.4 Å². The normalized spacial score (nSPS) is 11.6. The minimum atomic E-state index is -0.974. The van der Waals surface area contributed by atoms with E-state index in [0.717, 1.165) is 16.1 Å². The van der Waals surface area contributed by atoms with Crippen LogP contribution in [0.4, 0.5) is 15.8 Å². The first-order valence-corrected chi connectivity index (χ1v) is 10.3. The number of aryl methyl sites for hydroxylation is 1. The second-order valence-electron chi connectivity index (χ2n) is 7.49. The van der Waals surface area contributed by atoms with E-state index in [2.05, 4.69) is 15.4 Å². The van der Waals surface area contributed by atoms with Crippen molar-refractivity contribution in [3.8, 4) is 17.5 Å². The fourth-order valence-corrected chi connectivity index (χ4v) is 3.58. The zero-order chi connectivity index (χ0) is 24.2. The van der Waals surface area contributed by atoms with Gasteiger partial charge in [-0.1, -0.05) is 12.1 Å². The van der Waals surface area contributed by atoms with Crippen molar-refractivity contribution in [3.05, 3.63) is 94.2 Å². The third-order valence-corrected chi connectivity index (χ3v) is 5.20. The summed E-state index contributed by atoms with van der Waals surface area (Å²) in [6.45, 7) is 1.36. The number of halogens is 1. The van der Waals surface area contributed by atoms with Gasteiger partial charge in [0.2, 0.25) is 0 Å². The van der Waals surface area contributed by atoms with E-state index in [9.17, 15) is 19.6 Å². The van der Waals surface area contributed by atoms with Crippen LogP contribution in [-0.4, -0.2) is 38.2 Å². The van der Waals surface area contributed by atoms with Crippen LogP contribution < -0.4 is 15.6 Å². The lowest BCUT2D eigenvalue weighted by Gasteiger charge is -2.18. The van der Waals surface area contributed by atoms with Gasteiger partial charge in [0, 0.05) is 24.0 Å². The molecule has 0 spiro atoms. The Hall–Kier alpha value is -4.49. The SMILES string of the molecule is COc1cc(Nc2cc(C#N)nn([C@@H](CO)c3cccc(F)c3)c2=O)ccc1-n1cnc(C)c1. The Morgan fingerprint density at radius 2 is 2.09 bits per heavy atom. The molecule has 2 aromatic carbocycles. The van der Waals surface area contributed by atoms with E-state index in [1.807, 2.05) is 23.8 Å². The second-order valence-corrected chi connectivity index (χ2v) is 7.49. The van der Waals surface area contributed by atoms with E-state index in [1.165, 1.54) is 31.4 Å². The first kappa shape index (κ1) is 22.7. The third-order valence-electron chi connectivity index (χ3n) is 5.20. The molecule has 4 rings (SSSR count). The van der Waals surface area contributed by atoms with Gasteiger partial charge >= 0.3 is 0 Å². The molecule has 2 heterocycles. The average Bonchev–Trinajstić information content (AvgIpc) is 3.27. The molecule has 0 fully saturated rings. The summed E-state index contributed by atoms with van der Waals surface area (Å²) in [5.74, 6) is 0.0179. The highest BCUT2D eigenvalue weighted by Gasteiger charge is 2.20. The molecule has 2 N–H and O–H groups in total. The van der Waals surface area contributed by atoms with Gasteiger partial charge in [-0.2, -0.15) is 10.4 Å². The first-order chi connectivity index (χ1) is 16.4. The average molecular weight is 460 g/mol. The van der Waals surface area contributed by atoms with Crippen LogP contribution in [-0.2, 0) is 0 Å². The minimum absolute atomic E-state index is 0.0468. The summed E-state index contributed by atoms with van der Waals surface area (Å²) in [5, 5.41) is 26.5. The number of hydrogen-bond donors (Lipinski definition) is 2. The monoisotopic (exact) mass is 460 g/mol. The van der Waals surface area contributed by atoms with Crippen molar-refractivity contribution < 1.29 is 14.2 Å². The van der Waals surface area contributed by atoms with Gasteiger partial charge in [-0.25, -0.2) is 14.1 Å². The van der Waals surface area contributed by atoms with Gasteiger partial charge in [0.15, 0.2) is 5.69 Å². The van der Waals surface area contributed by atoms with E-state index < -0.39 is 24.0 Å². The molecule has 0 saturated carbocycles. The molecule has 2 aromatic heterocycles. The molecule has 172 valence electrons. The van der Waals surface area contributed by atoms with Crippen LogP contribution in [0.15, 0.2) is 65.8 Å². The Balaban J connectivity index is 1.74. The molecule has 0 aliphatic rings. The van der Waals surface area contributed by atoms with Gasteiger partial charge in [-0.3, -0.25) is 4.79 Å². The van der Waals surface area contributed by atoms with E-state index in [0.29, 0.717) is 17.0 Å². The lowest BCUT2D eigenvalue weighted by molar-refractivity contribution is 0.236. The second kappa shape index (κ2) is 9.56. The lowest BCUT2D eigenvalue weighted by atomic mass is 10.1. The number of methoxy groups -OCH3 is 1. The number of aliphatic hydroxyl groups excluding tert-OH is 1. The van der Waals surface area contributed by atoms with Gasteiger partial charge < -0.3 is 19.7 Å². The third kappa shape index (κ3) is 4.51. The summed E-state index contributed by atoms with van der Waals surface area (Å²) in [4.78, 5) is 17.4. The van der Waals surface area contributed by atoms with Gasteiger partial charge in [0.1, 0.15) is 29.4 Å². The molecule has 0 saturated heterocycles. The van der Waals surface area contributed by atoms with Crippen LogP contribution in [0.3, 0.4) is 0 Å². The standard InChI is InChI=1S/C24H21FN6O3/c1-15-12-30(14-27-15)21-7-6-18(10-23(21)34-2)28-20-9-19(11-26)29-31(24(20)33)22(13-32)16-4-3-5-17(25)8-16/h3-10,12,14,22,28,32H,13H2,1-2H3/t22-/m0/s1. The quantitative estimate of drug-likeness (QED) is 0.435. The Morgan fingerprint density at radius 3 is 2.74 bits per heavy atom. The van der Waals surface area contributed by atoms with Crippen molar-refractivity contribution in [1.82, 2.24) is 19.3 Å². The van der Waals surface area contributed by atoms with Crippen LogP contribution in [0.5, 0.6) is 5.75 Å².